The highest BCUT2D eigenvalue weighted by atomic mass is 127. The van der Waals surface area contributed by atoms with Crippen LogP contribution in [0.4, 0.5) is 0 Å². The summed E-state index contributed by atoms with van der Waals surface area (Å²) in [4.78, 5) is 4.29. The average Bonchev–Trinajstić information content (AvgIpc) is 3.25. The summed E-state index contributed by atoms with van der Waals surface area (Å²) in [6.45, 7) is 0.981. The van der Waals surface area contributed by atoms with Gasteiger partial charge in [-0.3, -0.25) is 4.99 Å². The van der Waals surface area contributed by atoms with Gasteiger partial charge in [0.05, 0.1) is 0 Å². The summed E-state index contributed by atoms with van der Waals surface area (Å²) in [6.07, 6.45) is 5.73. The number of thioether (sulfide) groups is 1. The summed E-state index contributed by atoms with van der Waals surface area (Å²) in [7, 11) is 1.83. The Labute approximate surface area is 160 Å². The molecule has 0 radical (unpaired) electrons. The van der Waals surface area contributed by atoms with E-state index < -0.39 is 0 Å². The van der Waals surface area contributed by atoms with Crippen molar-refractivity contribution in [2.24, 2.45) is 4.99 Å². The molecule has 1 aromatic rings. The van der Waals surface area contributed by atoms with Gasteiger partial charge in [0.2, 0.25) is 0 Å². The SMILES string of the molecule is CN=C(NCCCCSC)NC1CC1c1cccc(Cl)c1.I. The van der Waals surface area contributed by atoms with Crippen LogP contribution in [0.25, 0.3) is 0 Å². The zero-order chi connectivity index (χ0) is 15.1. The highest BCUT2D eigenvalue weighted by molar-refractivity contribution is 14.0. The second-order valence-electron chi connectivity index (χ2n) is 5.35. The van der Waals surface area contributed by atoms with Gasteiger partial charge < -0.3 is 10.6 Å². The fourth-order valence-electron chi connectivity index (χ4n) is 2.41. The number of aliphatic imine (C=N–C) groups is 1. The van der Waals surface area contributed by atoms with Crippen molar-refractivity contribution in [1.29, 1.82) is 0 Å². The number of benzene rings is 1. The Morgan fingerprint density at radius 2 is 2.23 bits per heavy atom. The van der Waals surface area contributed by atoms with Crippen molar-refractivity contribution < 1.29 is 0 Å². The summed E-state index contributed by atoms with van der Waals surface area (Å²) in [5.41, 5.74) is 1.32. The predicted molar refractivity (Wildman–Crippen MR) is 110 cm³/mol. The van der Waals surface area contributed by atoms with Crippen molar-refractivity contribution in [3.8, 4) is 0 Å². The largest absolute Gasteiger partial charge is 0.356 e. The minimum absolute atomic E-state index is 0. The molecule has 1 saturated carbocycles. The number of halogens is 2. The summed E-state index contributed by atoms with van der Waals surface area (Å²) < 4.78 is 0. The second-order valence-corrected chi connectivity index (χ2v) is 6.77. The molecule has 0 amide bonds. The number of guanidine groups is 1. The van der Waals surface area contributed by atoms with Gasteiger partial charge in [-0.05, 0) is 49.0 Å². The van der Waals surface area contributed by atoms with Gasteiger partial charge in [-0.2, -0.15) is 11.8 Å². The van der Waals surface area contributed by atoms with Crippen molar-refractivity contribution in [3.05, 3.63) is 34.9 Å². The molecule has 2 unspecified atom stereocenters. The first-order valence-electron chi connectivity index (χ1n) is 7.46. The van der Waals surface area contributed by atoms with E-state index in [1.165, 1.54) is 24.2 Å². The van der Waals surface area contributed by atoms with Gasteiger partial charge in [0.15, 0.2) is 5.96 Å². The van der Waals surface area contributed by atoms with Crippen LogP contribution in [0.2, 0.25) is 5.02 Å². The maximum atomic E-state index is 6.05. The van der Waals surface area contributed by atoms with Crippen molar-refractivity contribution in [2.45, 2.75) is 31.2 Å². The molecule has 1 aromatic carbocycles. The molecule has 0 aliphatic heterocycles. The molecule has 2 N–H and O–H groups in total. The molecule has 1 fully saturated rings. The number of nitrogens with zero attached hydrogens (tertiary/aromatic N) is 1. The zero-order valence-corrected chi connectivity index (χ0v) is 17.0. The molecular formula is C16H25ClIN3S. The van der Waals surface area contributed by atoms with Gasteiger partial charge in [0.1, 0.15) is 0 Å². The van der Waals surface area contributed by atoms with Gasteiger partial charge in [-0.15, -0.1) is 24.0 Å². The van der Waals surface area contributed by atoms with Crippen LogP contribution in [0.1, 0.15) is 30.7 Å². The molecule has 0 spiro atoms. The van der Waals surface area contributed by atoms with E-state index in [2.05, 4.69) is 34.0 Å². The zero-order valence-electron chi connectivity index (χ0n) is 13.1. The molecular weight excluding hydrogens is 429 g/mol. The molecule has 22 heavy (non-hydrogen) atoms. The number of unbranched alkanes of at least 4 members (excludes halogenated alkanes) is 1. The topological polar surface area (TPSA) is 36.4 Å². The third-order valence-electron chi connectivity index (χ3n) is 3.68. The standard InChI is InChI=1S/C16H24ClN3S.HI/c1-18-16(19-8-3-4-9-21-2)20-15-11-14(15)12-6-5-7-13(17)10-12;/h5-7,10,14-15H,3-4,8-9,11H2,1-2H3,(H2,18,19,20);1H. The van der Waals surface area contributed by atoms with Crippen LogP contribution in [0.5, 0.6) is 0 Å². The van der Waals surface area contributed by atoms with E-state index in [-0.39, 0.29) is 24.0 Å². The lowest BCUT2D eigenvalue weighted by molar-refractivity contribution is 0.728. The van der Waals surface area contributed by atoms with E-state index in [4.69, 9.17) is 11.6 Å². The molecule has 124 valence electrons. The smallest absolute Gasteiger partial charge is 0.191 e. The lowest BCUT2D eigenvalue weighted by Gasteiger charge is -2.11. The van der Waals surface area contributed by atoms with Crippen LogP contribution in [0.3, 0.4) is 0 Å². The maximum absolute atomic E-state index is 6.05. The molecule has 3 nitrogen and oxygen atoms in total. The fraction of sp³-hybridized carbons (Fsp3) is 0.562. The van der Waals surface area contributed by atoms with E-state index in [0.29, 0.717) is 12.0 Å². The first-order chi connectivity index (χ1) is 10.2. The summed E-state index contributed by atoms with van der Waals surface area (Å²) in [5, 5.41) is 7.69. The minimum atomic E-state index is 0. The van der Waals surface area contributed by atoms with E-state index >= 15 is 0 Å². The van der Waals surface area contributed by atoms with Gasteiger partial charge in [0.25, 0.3) is 0 Å². The third kappa shape index (κ3) is 6.54. The molecule has 1 aliphatic rings. The van der Waals surface area contributed by atoms with Gasteiger partial charge in [0, 0.05) is 30.6 Å². The van der Waals surface area contributed by atoms with Gasteiger partial charge in [-0.1, -0.05) is 23.7 Å². The lowest BCUT2D eigenvalue weighted by Crippen LogP contribution is -2.39. The Bertz CT molecular complexity index is 484. The molecule has 0 heterocycles. The van der Waals surface area contributed by atoms with Crippen molar-refractivity contribution in [2.75, 3.05) is 25.6 Å². The van der Waals surface area contributed by atoms with E-state index in [9.17, 15) is 0 Å². The lowest BCUT2D eigenvalue weighted by atomic mass is 10.1. The normalized spacial score (nSPS) is 20.2. The summed E-state index contributed by atoms with van der Waals surface area (Å²) in [6, 6.07) is 8.63. The summed E-state index contributed by atoms with van der Waals surface area (Å²) in [5.74, 6) is 2.69. The quantitative estimate of drug-likeness (QED) is 0.282. The first kappa shape index (κ1) is 19.9. The first-order valence-corrected chi connectivity index (χ1v) is 9.23. The highest BCUT2D eigenvalue weighted by Crippen LogP contribution is 2.41. The second kappa shape index (κ2) is 10.6. The van der Waals surface area contributed by atoms with E-state index in [0.717, 1.165) is 23.9 Å². The number of rotatable bonds is 7. The molecule has 6 heteroatoms. The van der Waals surface area contributed by atoms with E-state index in [1.807, 2.05) is 30.9 Å². The number of nitrogens with one attached hydrogen (secondary N) is 2. The van der Waals surface area contributed by atoms with Crippen LogP contribution in [-0.4, -0.2) is 37.6 Å². The predicted octanol–water partition coefficient (Wildman–Crippen LogP) is 4.12. The minimum Gasteiger partial charge on any atom is -0.356 e. The Morgan fingerprint density at radius 3 is 2.91 bits per heavy atom. The molecule has 0 bridgehead atoms. The fourth-order valence-corrected chi connectivity index (χ4v) is 3.10. The van der Waals surface area contributed by atoms with Gasteiger partial charge >= 0.3 is 0 Å². The van der Waals surface area contributed by atoms with Crippen LogP contribution < -0.4 is 10.6 Å². The molecule has 0 saturated heterocycles. The molecule has 2 rings (SSSR count). The van der Waals surface area contributed by atoms with E-state index in [1.54, 1.807) is 0 Å². The molecule has 0 aromatic heterocycles. The monoisotopic (exact) mass is 453 g/mol. The van der Waals surface area contributed by atoms with Gasteiger partial charge in [-0.25, -0.2) is 0 Å². The van der Waals surface area contributed by atoms with Crippen LogP contribution in [-0.2, 0) is 0 Å². The van der Waals surface area contributed by atoms with Crippen molar-refractivity contribution >= 4 is 53.3 Å². The van der Waals surface area contributed by atoms with Crippen LogP contribution in [0, 0.1) is 0 Å². The third-order valence-corrected chi connectivity index (χ3v) is 4.61. The Morgan fingerprint density at radius 1 is 1.41 bits per heavy atom. The highest BCUT2D eigenvalue weighted by Gasteiger charge is 2.39. The maximum Gasteiger partial charge on any atom is 0.191 e. The number of hydrogen-bond donors (Lipinski definition) is 2. The Hall–Kier alpha value is -0.140. The van der Waals surface area contributed by atoms with Crippen molar-refractivity contribution in [1.82, 2.24) is 10.6 Å². The van der Waals surface area contributed by atoms with Crippen molar-refractivity contribution in [3.63, 3.8) is 0 Å². The Balaban J connectivity index is 0.00000242. The van der Waals surface area contributed by atoms with Crippen LogP contribution >= 0.6 is 47.3 Å². The van der Waals surface area contributed by atoms with Crippen LogP contribution in [0.15, 0.2) is 29.3 Å². The molecule has 1 aliphatic carbocycles. The average molecular weight is 454 g/mol. The number of hydrogen-bond acceptors (Lipinski definition) is 2. The Kier molecular flexibility index (Phi) is 9.59. The molecule has 2 atom stereocenters. The summed E-state index contributed by atoms with van der Waals surface area (Å²) >= 11 is 7.95.